The molecular formula is C34H41N7O5. The first kappa shape index (κ1) is 33.6. The van der Waals surface area contributed by atoms with E-state index in [1.54, 1.807) is 49.7 Å². The highest BCUT2D eigenvalue weighted by Gasteiger charge is 2.21. The van der Waals surface area contributed by atoms with Gasteiger partial charge < -0.3 is 19.4 Å². The van der Waals surface area contributed by atoms with Crippen molar-refractivity contribution in [3.05, 3.63) is 83.8 Å². The number of esters is 1. The van der Waals surface area contributed by atoms with Crippen molar-refractivity contribution >= 4 is 46.7 Å². The van der Waals surface area contributed by atoms with Crippen molar-refractivity contribution in [2.24, 2.45) is 12.1 Å². The number of hydrogen-bond donors (Lipinski definition) is 2. The van der Waals surface area contributed by atoms with Crippen LogP contribution in [-0.2, 0) is 27.9 Å². The van der Waals surface area contributed by atoms with Gasteiger partial charge in [-0.15, -0.1) is 0 Å². The van der Waals surface area contributed by atoms with E-state index in [0.717, 1.165) is 41.9 Å². The molecule has 242 valence electrons. The second-order valence-corrected chi connectivity index (χ2v) is 10.6. The Kier molecular flexibility index (Phi) is 12.2. The third-order valence-corrected chi connectivity index (χ3v) is 7.31. The molecule has 2 aromatic heterocycles. The molecule has 12 heteroatoms. The van der Waals surface area contributed by atoms with Gasteiger partial charge in [-0.05, 0) is 67.8 Å². The van der Waals surface area contributed by atoms with Gasteiger partial charge in [0.05, 0.1) is 36.8 Å². The lowest BCUT2D eigenvalue weighted by Gasteiger charge is -2.21. The summed E-state index contributed by atoms with van der Waals surface area (Å²) < 4.78 is 12.4. The van der Waals surface area contributed by atoms with Crippen LogP contribution in [0.25, 0.3) is 11.0 Å². The number of benzene rings is 2. The number of carbonyl (C=O) groups is 3. The molecule has 0 aliphatic heterocycles. The number of aryl methyl sites for hydroxylation is 1. The van der Waals surface area contributed by atoms with E-state index in [4.69, 9.17) is 14.5 Å². The number of pyridine rings is 1. The second kappa shape index (κ2) is 16.7. The summed E-state index contributed by atoms with van der Waals surface area (Å²) in [6, 6.07) is 18.3. The van der Waals surface area contributed by atoms with E-state index in [1.165, 1.54) is 4.90 Å². The molecule has 2 heterocycles. The smallest absolute Gasteiger partial charge is 0.428 e. The van der Waals surface area contributed by atoms with E-state index >= 15 is 0 Å². The number of hydrazone groups is 1. The van der Waals surface area contributed by atoms with Crippen molar-refractivity contribution in [1.82, 2.24) is 20.0 Å². The molecule has 1 atom stereocenters. The van der Waals surface area contributed by atoms with Crippen molar-refractivity contribution in [2.45, 2.75) is 59.1 Å². The van der Waals surface area contributed by atoms with Crippen LogP contribution in [-0.4, -0.2) is 58.0 Å². The average Bonchev–Trinajstić information content (AvgIpc) is 3.39. The molecule has 0 aliphatic carbocycles. The predicted molar refractivity (Wildman–Crippen MR) is 178 cm³/mol. The van der Waals surface area contributed by atoms with Crippen molar-refractivity contribution in [3.8, 4) is 0 Å². The molecular weight excluding hydrogens is 586 g/mol. The van der Waals surface area contributed by atoms with Crippen LogP contribution in [0.2, 0.25) is 0 Å². The maximum Gasteiger partial charge on any atom is 0.428 e. The standard InChI is InChI=1S/C34H41N7O5/c1-5-10-27(6-2)46-34(44)39-37-22-24-12-15-26(16-13-24)36-23-31-38-28-21-25(14-17-29(28)40(31)4)33(43)41(20-18-32(42)45-7-3)30-11-8-9-19-35-30/h8-9,11-17,19,21-22,27,36H,5-7,10,18,20,23H2,1-4H3,(H,39,44). The molecule has 1 unspecified atom stereocenters. The van der Waals surface area contributed by atoms with Gasteiger partial charge in [0, 0.05) is 31.0 Å². The summed E-state index contributed by atoms with van der Waals surface area (Å²) >= 11 is 0. The minimum Gasteiger partial charge on any atom is -0.466 e. The summed E-state index contributed by atoms with van der Waals surface area (Å²) in [6.07, 6.45) is 5.08. The molecule has 4 rings (SSSR count). The zero-order valence-electron chi connectivity index (χ0n) is 26.7. The van der Waals surface area contributed by atoms with Crippen molar-refractivity contribution < 1.29 is 23.9 Å². The summed E-state index contributed by atoms with van der Waals surface area (Å²) in [4.78, 5) is 48.2. The van der Waals surface area contributed by atoms with Crippen LogP contribution in [0.4, 0.5) is 16.3 Å². The normalized spacial score (nSPS) is 11.7. The summed E-state index contributed by atoms with van der Waals surface area (Å²) in [5.41, 5.74) is 6.09. The first-order chi connectivity index (χ1) is 22.3. The Hall–Kier alpha value is -5.26. The number of rotatable bonds is 15. The molecule has 4 aromatic rings. The summed E-state index contributed by atoms with van der Waals surface area (Å²) in [5.74, 6) is 0.572. The number of anilines is 2. The van der Waals surface area contributed by atoms with Gasteiger partial charge in [0.15, 0.2) is 0 Å². The Morgan fingerprint density at radius 1 is 1.07 bits per heavy atom. The zero-order valence-corrected chi connectivity index (χ0v) is 26.7. The van der Waals surface area contributed by atoms with Crippen LogP contribution in [0.5, 0.6) is 0 Å². The number of hydrogen-bond acceptors (Lipinski definition) is 9. The van der Waals surface area contributed by atoms with Crippen molar-refractivity contribution in [1.29, 1.82) is 0 Å². The maximum absolute atomic E-state index is 13.6. The minimum absolute atomic E-state index is 0.0512. The van der Waals surface area contributed by atoms with Gasteiger partial charge in [0.25, 0.3) is 5.91 Å². The Labute approximate surface area is 268 Å². The summed E-state index contributed by atoms with van der Waals surface area (Å²) in [6.45, 7) is 6.64. The first-order valence-electron chi connectivity index (χ1n) is 15.5. The topological polar surface area (TPSA) is 140 Å². The van der Waals surface area contributed by atoms with E-state index in [0.29, 0.717) is 23.4 Å². The molecule has 12 nitrogen and oxygen atoms in total. The Balaban J connectivity index is 1.39. The van der Waals surface area contributed by atoms with E-state index in [1.807, 2.05) is 48.9 Å². The lowest BCUT2D eigenvalue weighted by molar-refractivity contribution is -0.142. The molecule has 0 spiro atoms. The molecule has 0 saturated heterocycles. The molecule has 0 fully saturated rings. The molecule has 2 aromatic carbocycles. The fourth-order valence-electron chi connectivity index (χ4n) is 4.84. The summed E-state index contributed by atoms with van der Waals surface area (Å²) in [7, 11) is 1.93. The van der Waals surface area contributed by atoms with Gasteiger partial charge in [-0.1, -0.05) is 38.5 Å². The molecule has 46 heavy (non-hydrogen) atoms. The fourth-order valence-corrected chi connectivity index (χ4v) is 4.84. The van der Waals surface area contributed by atoms with E-state index in [9.17, 15) is 14.4 Å². The van der Waals surface area contributed by atoms with Gasteiger partial charge in [-0.25, -0.2) is 20.2 Å². The highest BCUT2D eigenvalue weighted by Crippen LogP contribution is 2.21. The SMILES string of the molecule is CCCC(CC)OC(=O)NN=Cc1ccc(NCc2nc3cc(C(=O)N(CCC(=O)OCC)c4ccccn4)ccc3n2C)cc1. The number of nitrogens with zero attached hydrogens (tertiary/aromatic N) is 5. The van der Waals surface area contributed by atoms with Gasteiger partial charge in [0.1, 0.15) is 17.7 Å². The highest BCUT2D eigenvalue weighted by atomic mass is 16.6. The minimum atomic E-state index is -0.562. The number of amides is 2. The van der Waals surface area contributed by atoms with Crippen LogP contribution in [0.3, 0.4) is 0 Å². The van der Waals surface area contributed by atoms with Gasteiger partial charge in [-0.3, -0.25) is 14.5 Å². The Morgan fingerprint density at radius 3 is 2.57 bits per heavy atom. The van der Waals surface area contributed by atoms with Crippen LogP contribution in [0.15, 0.2) is 72.0 Å². The van der Waals surface area contributed by atoms with Crippen molar-refractivity contribution in [2.75, 3.05) is 23.4 Å². The number of nitrogens with one attached hydrogen (secondary N) is 2. The predicted octanol–water partition coefficient (Wildman–Crippen LogP) is 5.82. The van der Waals surface area contributed by atoms with Crippen molar-refractivity contribution in [3.63, 3.8) is 0 Å². The van der Waals surface area contributed by atoms with E-state index < -0.39 is 6.09 Å². The molecule has 0 saturated carbocycles. The van der Waals surface area contributed by atoms with Gasteiger partial charge in [0.2, 0.25) is 0 Å². The zero-order chi connectivity index (χ0) is 32.9. The highest BCUT2D eigenvalue weighted by molar-refractivity contribution is 6.07. The number of ether oxygens (including phenoxy) is 2. The molecule has 0 bridgehead atoms. The van der Waals surface area contributed by atoms with E-state index in [2.05, 4.69) is 27.8 Å². The number of fused-ring (bicyclic) bond motifs is 1. The lowest BCUT2D eigenvalue weighted by Crippen LogP contribution is -2.34. The average molecular weight is 628 g/mol. The maximum atomic E-state index is 13.6. The van der Waals surface area contributed by atoms with E-state index in [-0.39, 0.29) is 37.6 Å². The largest absolute Gasteiger partial charge is 0.466 e. The first-order valence-corrected chi connectivity index (χ1v) is 15.5. The van der Waals surface area contributed by atoms with Crippen LogP contribution in [0.1, 0.15) is 68.2 Å². The molecule has 2 N–H and O–H groups in total. The third kappa shape index (κ3) is 9.13. The Bertz CT molecular complexity index is 1640. The number of imidazole rings is 1. The van der Waals surface area contributed by atoms with Crippen LogP contribution >= 0.6 is 0 Å². The van der Waals surface area contributed by atoms with Crippen LogP contribution in [0, 0.1) is 0 Å². The molecule has 0 aliphatic rings. The van der Waals surface area contributed by atoms with Crippen LogP contribution < -0.4 is 15.6 Å². The molecule has 0 radical (unpaired) electrons. The molecule has 2 amide bonds. The quantitative estimate of drug-likeness (QED) is 0.0955. The lowest BCUT2D eigenvalue weighted by atomic mass is 10.1. The van der Waals surface area contributed by atoms with Gasteiger partial charge >= 0.3 is 12.1 Å². The second-order valence-electron chi connectivity index (χ2n) is 10.6. The fraction of sp³-hybridized carbons (Fsp3) is 0.353. The third-order valence-electron chi connectivity index (χ3n) is 7.31. The number of aromatic nitrogens is 3. The Morgan fingerprint density at radius 2 is 1.87 bits per heavy atom. The number of carbonyl (C=O) groups excluding carboxylic acids is 3. The summed E-state index contributed by atoms with van der Waals surface area (Å²) in [5, 5.41) is 7.36. The van der Waals surface area contributed by atoms with Gasteiger partial charge in [-0.2, -0.15) is 5.10 Å². The monoisotopic (exact) mass is 627 g/mol.